The molecule has 0 aliphatic carbocycles. The van der Waals surface area contributed by atoms with E-state index in [1.807, 2.05) is 54.6 Å². The Morgan fingerprint density at radius 1 is 0.882 bits per heavy atom. The first-order valence-corrected chi connectivity index (χ1v) is 5.39. The molecule has 0 atom stereocenters. The number of fused-ring (bicyclic) bond motifs is 1. The molecule has 1 aromatic heterocycles. The smallest absolute Gasteiger partial charge is 0.259 e. The van der Waals surface area contributed by atoms with Gasteiger partial charge in [-0.2, -0.15) is 0 Å². The minimum atomic E-state index is 0.601. The normalized spacial score (nSPS) is 10.6. The van der Waals surface area contributed by atoms with Crippen LogP contribution in [0.5, 0.6) is 0 Å². The molecule has 0 fully saturated rings. The molecule has 2 aromatic carbocycles. The van der Waals surface area contributed by atoms with E-state index in [1.54, 1.807) is 6.20 Å². The van der Waals surface area contributed by atoms with Crippen LogP contribution in [0.25, 0.3) is 22.0 Å². The van der Waals surface area contributed by atoms with Gasteiger partial charge >= 0.3 is 0 Å². The first-order valence-electron chi connectivity index (χ1n) is 5.39. The van der Waals surface area contributed by atoms with Crippen molar-refractivity contribution in [2.45, 2.75) is 0 Å². The van der Waals surface area contributed by atoms with Gasteiger partial charge in [-0.1, -0.05) is 36.4 Å². The Labute approximate surface area is 98.5 Å². The predicted molar refractivity (Wildman–Crippen MR) is 66.1 cm³/mol. The van der Waals surface area contributed by atoms with E-state index in [9.17, 15) is 5.21 Å². The molecule has 0 N–H and O–H groups in total. The van der Waals surface area contributed by atoms with Gasteiger partial charge in [0.2, 0.25) is 0 Å². The number of benzene rings is 2. The van der Waals surface area contributed by atoms with Crippen LogP contribution in [0.4, 0.5) is 0 Å². The van der Waals surface area contributed by atoms with Gasteiger partial charge in [0.15, 0.2) is 0 Å². The lowest BCUT2D eigenvalue weighted by atomic mass is 10.1. The van der Waals surface area contributed by atoms with Crippen molar-refractivity contribution in [3.05, 3.63) is 66.0 Å². The quantitative estimate of drug-likeness (QED) is 0.469. The second kappa shape index (κ2) is 3.87. The number of nitrogens with zero attached hydrogens (tertiary/aromatic N) is 2. The maximum absolute atomic E-state index is 11.8. The lowest BCUT2D eigenvalue weighted by molar-refractivity contribution is -0.656. The third-order valence-corrected chi connectivity index (χ3v) is 2.76. The third-order valence-electron chi connectivity index (χ3n) is 2.76. The summed E-state index contributed by atoms with van der Waals surface area (Å²) in [5.74, 6) is 0. The van der Waals surface area contributed by atoms with Gasteiger partial charge in [-0.05, 0) is 23.0 Å². The van der Waals surface area contributed by atoms with E-state index in [1.165, 1.54) is 0 Å². The van der Waals surface area contributed by atoms with Crippen molar-refractivity contribution in [3.8, 4) is 11.3 Å². The largest absolute Gasteiger partial charge is 0.594 e. The standard InChI is InChI=1S/C14H10N2O/c17-16-14(11-6-2-1-3-7-11)13-9-5-4-8-12(13)10-15-16/h1-10H. The van der Waals surface area contributed by atoms with Crippen LogP contribution in [0.2, 0.25) is 0 Å². The summed E-state index contributed by atoms with van der Waals surface area (Å²) in [5, 5.41) is 17.6. The first-order chi connectivity index (χ1) is 8.36. The van der Waals surface area contributed by atoms with Gasteiger partial charge in [-0.3, -0.25) is 0 Å². The molecule has 0 bridgehead atoms. The minimum absolute atomic E-state index is 0.601. The summed E-state index contributed by atoms with van der Waals surface area (Å²) in [6.45, 7) is 0. The van der Waals surface area contributed by atoms with E-state index in [0.29, 0.717) is 10.5 Å². The molecule has 0 amide bonds. The molecule has 0 aliphatic rings. The van der Waals surface area contributed by atoms with Gasteiger partial charge in [-0.25, -0.2) is 0 Å². The molecule has 3 heteroatoms. The van der Waals surface area contributed by atoms with Crippen molar-refractivity contribution in [2.75, 3.05) is 0 Å². The molecule has 0 spiro atoms. The second-order valence-corrected chi connectivity index (χ2v) is 3.82. The number of hydrogen-bond acceptors (Lipinski definition) is 2. The lowest BCUT2D eigenvalue weighted by Crippen LogP contribution is -2.33. The Bertz CT molecular complexity index is 665. The lowest BCUT2D eigenvalue weighted by Gasteiger charge is -2.05. The summed E-state index contributed by atoms with van der Waals surface area (Å²) in [5.41, 5.74) is 1.48. The number of rotatable bonds is 1. The summed E-state index contributed by atoms with van der Waals surface area (Å²) < 4.78 is 0. The van der Waals surface area contributed by atoms with Crippen LogP contribution in [-0.4, -0.2) is 5.10 Å². The van der Waals surface area contributed by atoms with E-state index < -0.39 is 0 Å². The van der Waals surface area contributed by atoms with Gasteiger partial charge in [0.05, 0.1) is 10.9 Å². The summed E-state index contributed by atoms with van der Waals surface area (Å²) in [6, 6.07) is 17.3. The summed E-state index contributed by atoms with van der Waals surface area (Å²) in [7, 11) is 0. The van der Waals surface area contributed by atoms with E-state index in [4.69, 9.17) is 0 Å². The molecule has 3 aromatic rings. The van der Waals surface area contributed by atoms with Crippen LogP contribution < -0.4 is 4.85 Å². The summed E-state index contributed by atoms with van der Waals surface area (Å²) >= 11 is 0. The highest BCUT2D eigenvalue weighted by Gasteiger charge is 2.14. The van der Waals surface area contributed by atoms with Crippen molar-refractivity contribution in [1.82, 2.24) is 5.10 Å². The van der Waals surface area contributed by atoms with Gasteiger partial charge < -0.3 is 5.21 Å². The maximum atomic E-state index is 11.8. The number of aromatic nitrogens is 2. The van der Waals surface area contributed by atoms with E-state index in [0.717, 1.165) is 16.3 Å². The Balaban J connectivity index is 2.39. The zero-order chi connectivity index (χ0) is 11.7. The predicted octanol–water partition coefficient (Wildman–Crippen LogP) is 2.54. The molecular formula is C14H10N2O. The van der Waals surface area contributed by atoms with Crippen LogP contribution in [-0.2, 0) is 0 Å². The molecule has 0 saturated carbocycles. The molecule has 3 rings (SSSR count). The number of hydrogen-bond donors (Lipinski definition) is 0. The van der Waals surface area contributed by atoms with Crippen LogP contribution in [0.3, 0.4) is 0 Å². The van der Waals surface area contributed by atoms with E-state index in [-0.39, 0.29) is 0 Å². The zero-order valence-electron chi connectivity index (χ0n) is 9.08. The Hall–Kier alpha value is -2.42. The summed E-state index contributed by atoms with van der Waals surface area (Å²) in [6.07, 6.45) is 1.59. The molecule has 17 heavy (non-hydrogen) atoms. The highest BCUT2D eigenvalue weighted by molar-refractivity contribution is 5.92. The Morgan fingerprint density at radius 3 is 2.41 bits per heavy atom. The van der Waals surface area contributed by atoms with Gasteiger partial charge in [0.25, 0.3) is 5.69 Å². The van der Waals surface area contributed by atoms with E-state index >= 15 is 0 Å². The Morgan fingerprint density at radius 2 is 1.59 bits per heavy atom. The van der Waals surface area contributed by atoms with Crippen LogP contribution in [0.15, 0.2) is 60.8 Å². The van der Waals surface area contributed by atoms with Gasteiger partial charge in [0, 0.05) is 10.5 Å². The second-order valence-electron chi connectivity index (χ2n) is 3.82. The SMILES string of the molecule is [O-][n+]1ncc2ccccc2c1-c1ccccc1. The average molecular weight is 222 g/mol. The van der Waals surface area contributed by atoms with Gasteiger partial charge in [-0.15, -0.1) is 0 Å². The molecular weight excluding hydrogens is 212 g/mol. The van der Waals surface area contributed by atoms with Crippen LogP contribution >= 0.6 is 0 Å². The highest BCUT2D eigenvalue weighted by Crippen LogP contribution is 2.23. The molecule has 0 radical (unpaired) electrons. The topological polar surface area (TPSA) is 39.8 Å². The van der Waals surface area contributed by atoms with Crippen molar-refractivity contribution in [1.29, 1.82) is 0 Å². The maximum Gasteiger partial charge on any atom is 0.259 e. The van der Waals surface area contributed by atoms with Crippen molar-refractivity contribution in [3.63, 3.8) is 0 Å². The monoisotopic (exact) mass is 222 g/mol. The fraction of sp³-hybridized carbons (Fsp3) is 0. The summed E-state index contributed by atoms with van der Waals surface area (Å²) in [4.78, 5) is 0.678. The van der Waals surface area contributed by atoms with Crippen LogP contribution in [0.1, 0.15) is 0 Å². The van der Waals surface area contributed by atoms with E-state index in [2.05, 4.69) is 5.10 Å². The fourth-order valence-electron chi connectivity index (χ4n) is 1.96. The molecule has 1 heterocycles. The molecule has 0 unspecified atom stereocenters. The minimum Gasteiger partial charge on any atom is -0.594 e. The Kier molecular flexibility index (Phi) is 2.22. The first kappa shape index (κ1) is 9.78. The van der Waals surface area contributed by atoms with Crippen LogP contribution in [0, 0.1) is 5.21 Å². The fourth-order valence-corrected chi connectivity index (χ4v) is 1.96. The van der Waals surface area contributed by atoms with Gasteiger partial charge in [0.1, 0.15) is 6.20 Å². The molecule has 3 nitrogen and oxygen atoms in total. The van der Waals surface area contributed by atoms with Crippen molar-refractivity contribution in [2.24, 2.45) is 0 Å². The molecule has 0 aliphatic heterocycles. The third kappa shape index (κ3) is 1.61. The average Bonchev–Trinajstić information content (AvgIpc) is 2.39. The van der Waals surface area contributed by atoms with Crippen molar-refractivity contribution >= 4 is 10.8 Å². The van der Waals surface area contributed by atoms with Crippen molar-refractivity contribution < 1.29 is 4.85 Å². The molecule has 0 saturated heterocycles. The highest BCUT2D eigenvalue weighted by atomic mass is 16.5. The molecule has 82 valence electrons. The zero-order valence-corrected chi connectivity index (χ0v) is 9.08.